The number of rotatable bonds is 5. The molecule has 0 fully saturated rings. The molecule has 0 saturated carbocycles. The fourth-order valence-corrected chi connectivity index (χ4v) is 10.1. The molecule has 0 bridgehead atoms. The predicted octanol–water partition coefficient (Wildman–Crippen LogP) is 14.9. The lowest BCUT2D eigenvalue weighted by Gasteiger charge is -2.26. The maximum atomic E-state index is 4.52. The lowest BCUT2D eigenvalue weighted by Crippen LogP contribution is -2.09. The van der Waals surface area contributed by atoms with Crippen LogP contribution >= 0.6 is 22.7 Å². The lowest BCUT2D eigenvalue weighted by atomic mass is 10.0. The Balaban J connectivity index is 1.04. The Bertz CT molecular complexity index is 3000. The highest BCUT2D eigenvalue weighted by atomic mass is 32.1. The molecule has 4 heteroatoms. The second-order valence-corrected chi connectivity index (χ2v) is 15.8. The van der Waals surface area contributed by atoms with Gasteiger partial charge in [-0.05, 0) is 118 Å². The van der Waals surface area contributed by atoms with E-state index in [-0.39, 0.29) is 0 Å². The topological polar surface area (TPSA) is 16.1 Å². The predicted molar refractivity (Wildman–Crippen MR) is 231 cm³/mol. The van der Waals surface area contributed by atoms with Gasteiger partial charge in [-0.3, -0.25) is 4.98 Å². The van der Waals surface area contributed by atoms with Gasteiger partial charge in [0, 0.05) is 69.2 Å². The van der Waals surface area contributed by atoms with Crippen molar-refractivity contribution in [3.8, 4) is 22.4 Å². The number of fused-ring (bicyclic) bond motifs is 8. The van der Waals surface area contributed by atoms with Crippen LogP contribution in [0.5, 0.6) is 0 Å². The van der Waals surface area contributed by atoms with Crippen LogP contribution in [-0.2, 0) is 0 Å². The zero-order valence-electron chi connectivity index (χ0n) is 28.5. The summed E-state index contributed by atoms with van der Waals surface area (Å²) in [5.74, 6) is 0. The minimum Gasteiger partial charge on any atom is -0.310 e. The number of anilines is 3. The molecule has 0 spiro atoms. The molecule has 0 aliphatic carbocycles. The van der Waals surface area contributed by atoms with E-state index in [9.17, 15) is 0 Å². The smallest absolute Gasteiger partial charge is 0.0701 e. The molecular weight excluding hydrogens is 681 g/mol. The monoisotopic (exact) mass is 710 g/mol. The molecule has 0 unspecified atom stereocenters. The molecule has 11 aromatic rings. The number of aromatic nitrogens is 1. The highest BCUT2D eigenvalue weighted by Gasteiger charge is 2.16. The van der Waals surface area contributed by atoms with Crippen molar-refractivity contribution in [1.29, 1.82) is 0 Å². The van der Waals surface area contributed by atoms with Gasteiger partial charge >= 0.3 is 0 Å². The van der Waals surface area contributed by atoms with Crippen molar-refractivity contribution in [2.24, 2.45) is 0 Å². The number of nitrogens with zero attached hydrogens (tertiary/aromatic N) is 2. The van der Waals surface area contributed by atoms with E-state index < -0.39 is 0 Å². The molecule has 8 aromatic carbocycles. The van der Waals surface area contributed by atoms with Crippen molar-refractivity contribution in [3.63, 3.8) is 0 Å². The summed E-state index contributed by atoms with van der Waals surface area (Å²) < 4.78 is 5.29. The number of hydrogen-bond donors (Lipinski definition) is 0. The van der Waals surface area contributed by atoms with Crippen LogP contribution in [0.3, 0.4) is 0 Å². The quantitative estimate of drug-likeness (QED) is 0.177. The van der Waals surface area contributed by atoms with Crippen molar-refractivity contribution in [2.45, 2.75) is 0 Å². The molecule has 0 aliphatic heterocycles. The normalized spacial score (nSPS) is 11.8. The zero-order chi connectivity index (χ0) is 34.9. The Morgan fingerprint density at radius 2 is 0.830 bits per heavy atom. The Morgan fingerprint density at radius 3 is 1.38 bits per heavy atom. The van der Waals surface area contributed by atoms with E-state index >= 15 is 0 Å². The number of thiophene rings is 2. The molecule has 0 N–H and O–H groups in total. The SMILES string of the molecule is c1ccc(-c2ccc(-c3ccc(N(c4ccc5cc6c(cc5c4)sc4ccccc46)c4ccc5cc6c(cc5c4)sc4ccccc46)cc3)cc2)nc1. The average Bonchev–Trinajstić information content (AvgIpc) is 3.77. The van der Waals surface area contributed by atoms with E-state index in [1.807, 2.05) is 47.1 Å². The first-order valence-corrected chi connectivity index (χ1v) is 19.5. The minimum absolute atomic E-state index is 0.983. The molecular formula is C49H30N2S2. The van der Waals surface area contributed by atoms with Gasteiger partial charge in [0.05, 0.1) is 5.69 Å². The molecule has 0 atom stereocenters. The lowest BCUT2D eigenvalue weighted by molar-refractivity contribution is 1.29. The van der Waals surface area contributed by atoms with Crippen LogP contribution < -0.4 is 4.90 Å². The molecule has 53 heavy (non-hydrogen) atoms. The summed E-state index contributed by atoms with van der Waals surface area (Å²) in [7, 11) is 0. The second-order valence-electron chi connectivity index (χ2n) is 13.6. The van der Waals surface area contributed by atoms with E-state index in [1.165, 1.54) is 73.0 Å². The van der Waals surface area contributed by atoms with Crippen molar-refractivity contribution in [3.05, 3.63) is 182 Å². The van der Waals surface area contributed by atoms with Gasteiger partial charge in [-0.25, -0.2) is 0 Å². The summed E-state index contributed by atoms with van der Waals surface area (Å²) in [6, 6.07) is 64.4. The third-order valence-electron chi connectivity index (χ3n) is 10.5. The van der Waals surface area contributed by atoms with Crippen molar-refractivity contribution >= 4 is 102 Å². The first-order valence-electron chi connectivity index (χ1n) is 17.8. The Labute approximate surface area is 314 Å². The number of pyridine rings is 1. The van der Waals surface area contributed by atoms with E-state index in [0.29, 0.717) is 0 Å². The van der Waals surface area contributed by atoms with Gasteiger partial charge in [0.2, 0.25) is 0 Å². The van der Waals surface area contributed by atoms with Gasteiger partial charge in [0.25, 0.3) is 0 Å². The highest BCUT2D eigenvalue weighted by Crippen LogP contribution is 2.42. The van der Waals surface area contributed by atoms with Gasteiger partial charge in [0.1, 0.15) is 0 Å². The molecule has 2 nitrogen and oxygen atoms in total. The van der Waals surface area contributed by atoms with Gasteiger partial charge < -0.3 is 4.90 Å². The maximum absolute atomic E-state index is 4.52. The van der Waals surface area contributed by atoms with Crippen LogP contribution in [0.1, 0.15) is 0 Å². The molecule has 0 amide bonds. The standard InChI is InChI=1S/C49H30N2S2/c1-3-10-46-41(7-1)43-27-34-18-22-39(25-36(34)29-48(43)52-46)51(38-20-16-32(17-21-38)31-12-14-33(15-13-31)45-9-5-6-24-50-45)40-23-19-35-28-44-42-8-2-4-11-47(42)53-49(44)30-37(35)26-40/h1-30H. The van der Waals surface area contributed by atoms with Crippen LogP contribution in [0.25, 0.3) is 84.3 Å². The van der Waals surface area contributed by atoms with E-state index in [1.54, 1.807) is 0 Å². The maximum Gasteiger partial charge on any atom is 0.0701 e. The minimum atomic E-state index is 0.983. The van der Waals surface area contributed by atoms with Crippen molar-refractivity contribution in [1.82, 2.24) is 4.98 Å². The zero-order valence-corrected chi connectivity index (χ0v) is 30.2. The third-order valence-corrected chi connectivity index (χ3v) is 12.7. The van der Waals surface area contributed by atoms with Crippen LogP contribution in [0.4, 0.5) is 17.1 Å². The summed E-state index contributed by atoms with van der Waals surface area (Å²) in [5, 5.41) is 10.3. The Hall–Kier alpha value is -6.33. The van der Waals surface area contributed by atoms with E-state index in [4.69, 9.17) is 0 Å². The summed E-state index contributed by atoms with van der Waals surface area (Å²) in [6.45, 7) is 0. The molecule has 3 aromatic heterocycles. The first-order chi connectivity index (χ1) is 26.2. The molecule has 248 valence electrons. The van der Waals surface area contributed by atoms with Gasteiger partial charge in [-0.2, -0.15) is 0 Å². The van der Waals surface area contributed by atoms with E-state index in [0.717, 1.165) is 28.3 Å². The fraction of sp³-hybridized carbons (Fsp3) is 0. The molecule has 0 saturated heterocycles. The van der Waals surface area contributed by atoms with Gasteiger partial charge in [0.15, 0.2) is 0 Å². The average molecular weight is 711 g/mol. The fourth-order valence-electron chi connectivity index (χ4n) is 7.81. The summed E-state index contributed by atoms with van der Waals surface area (Å²) in [5.41, 5.74) is 7.84. The first kappa shape index (κ1) is 30.3. The van der Waals surface area contributed by atoms with E-state index in [2.05, 4.69) is 168 Å². The molecule has 0 aliphatic rings. The molecule has 0 radical (unpaired) electrons. The van der Waals surface area contributed by atoms with Crippen LogP contribution in [-0.4, -0.2) is 4.98 Å². The highest BCUT2D eigenvalue weighted by molar-refractivity contribution is 7.26. The third kappa shape index (κ3) is 5.18. The second kappa shape index (κ2) is 12.1. The largest absolute Gasteiger partial charge is 0.310 e. The summed E-state index contributed by atoms with van der Waals surface area (Å²) in [6.07, 6.45) is 1.84. The summed E-state index contributed by atoms with van der Waals surface area (Å²) >= 11 is 3.74. The van der Waals surface area contributed by atoms with Crippen LogP contribution in [0.15, 0.2) is 182 Å². The Morgan fingerprint density at radius 1 is 0.340 bits per heavy atom. The molecule has 3 heterocycles. The van der Waals surface area contributed by atoms with Crippen LogP contribution in [0.2, 0.25) is 0 Å². The van der Waals surface area contributed by atoms with Crippen molar-refractivity contribution in [2.75, 3.05) is 4.90 Å². The number of hydrogen-bond acceptors (Lipinski definition) is 4. The molecule has 11 rings (SSSR count). The van der Waals surface area contributed by atoms with Gasteiger partial charge in [-0.15, -0.1) is 22.7 Å². The number of benzene rings is 8. The Kier molecular flexibility index (Phi) is 6.94. The van der Waals surface area contributed by atoms with Crippen molar-refractivity contribution < 1.29 is 0 Å². The van der Waals surface area contributed by atoms with Gasteiger partial charge in [-0.1, -0.05) is 91.0 Å². The summed E-state index contributed by atoms with van der Waals surface area (Å²) in [4.78, 5) is 6.92. The van der Waals surface area contributed by atoms with Crippen LogP contribution in [0, 0.1) is 0 Å².